The van der Waals surface area contributed by atoms with Crippen LogP contribution in [0.15, 0.2) is 24.4 Å². The average Bonchev–Trinajstić information content (AvgIpc) is 3.31. The summed E-state index contributed by atoms with van der Waals surface area (Å²) in [5, 5.41) is 18.5. The van der Waals surface area contributed by atoms with Crippen molar-refractivity contribution in [1.82, 2.24) is 30.9 Å². The third kappa shape index (κ3) is 5.14. The molecule has 2 aromatic rings. The van der Waals surface area contributed by atoms with Crippen molar-refractivity contribution in [1.29, 1.82) is 0 Å². The van der Waals surface area contributed by atoms with Gasteiger partial charge in [-0.05, 0) is 18.6 Å². The maximum absolute atomic E-state index is 13.5. The number of aromatic nitrogens is 3. The van der Waals surface area contributed by atoms with E-state index in [9.17, 15) is 18.4 Å². The van der Waals surface area contributed by atoms with Crippen LogP contribution in [0.25, 0.3) is 0 Å². The lowest BCUT2D eigenvalue weighted by Gasteiger charge is -2.09. The van der Waals surface area contributed by atoms with Gasteiger partial charge in [0.05, 0.1) is 30.5 Å². The number of halogens is 3. The van der Waals surface area contributed by atoms with Crippen molar-refractivity contribution in [3.05, 3.63) is 41.7 Å². The lowest BCUT2D eigenvalue weighted by atomic mass is 10.1. The third-order valence-electron chi connectivity index (χ3n) is 4.21. The Morgan fingerprint density at radius 3 is 2.86 bits per heavy atom. The highest BCUT2D eigenvalue weighted by molar-refractivity contribution is 5.89. The number of carbonyl (C=O) groups is 2. The summed E-state index contributed by atoms with van der Waals surface area (Å²) in [4.78, 5) is 23.5. The minimum Gasteiger partial charge on any atom is -0.358 e. The van der Waals surface area contributed by atoms with Gasteiger partial charge in [-0.15, -0.1) is 17.5 Å². The molecule has 1 fully saturated rings. The molecule has 3 rings (SSSR count). The van der Waals surface area contributed by atoms with E-state index in [1.807, 2.05) is 0 Å². The van der Waals surface area contributed by atoms with Crippen LogP contribution in [0.5, 0.6) is 0 Å². The predicted molar refractivity (Wildman–Crippen MR) is 99.0 cm³/mol. The lowest BCUT2D eigenvalue weighted by Crippen LogP contribution is -2.38. The molecule has 1 aliphatic heterocycles. The molecule has 0 saturated carbocycles. The van der Waals surface area contributed by atoms with Gasteiger partial charge in [-0.1, -0.05) is 5.21 Å². The summed E-state index contributed by atoms with van der Waals surface area (Å²) >= 11 is 0. The van der Waals surface area contributed by atoms with Crippen LogP contribution in [0.3, 0.4) is 0 Å². The molecule has 1 aliphatic rings. The van der Waals surface area contributed by atoms with Gasteiger partial charge >= 0.3 is 6.03 Å². The van der Waals surface area contributed by atoms with Gasteiger partial charge in [0.25, 0.3) is 0 Å². The van der Waals surface area contributed by atoms with Gasteiger partial charge in [-0.3, -0.25) is 4.79 Å². The molecule has 2 atom stereocenters. The van der Waals surface area contributed by atoms with Crippen molar-refractivity contribution >= 4 is 30.0 Å². The summed E-state index contributed by atoms with van der Waals surface area (Å²) in [6.07, 6.45) is 2.26. The van der Waals surface area contributed by atoms with E-state index in [-0.39, 0.29) is 42.6 Å². The number of amides is 3. The fourth-order valence-electron chi connectivity index (χ4n) is 2.79. The Balaban J connectivity index is 0.00000280. The highest BCUT2D eigenvalue weighted by Gasteiger charge is 2.30. The Bertz CT molecular complexity index is 848. The minimum atomic E-state index is -0.865. The van der Waals surface area contributed by atoms with Gasteiger partial charge in [0.1, 0.15) is 17.3 Å². The summed E-state index contributed by atoms with van der Waals surface area (Å²) in [5.74, 6) is -1.67. The van der Waals surface area contributed by atoms with Crippen molar-refractivity contribution in [3.63, 3.8) is 0 Å². The van der Waals surface area contributed by atoms with Gasteiger partial charge in [0, 0.05) is 19.7 Å². The average molecular weight is 416 g/mol. The zero-order chi connectivity index (χ0) is 19.4. The van der Waals surface area contributed by atoms with Crippen LogP contribution in [-0.4, -0.2) is 46.6 Å². The first kappa shape index (κ1) is 21.5. The molecule has 1 aromatic carbocycles. The summed E-state index contributed by atoms with van der Waals surface area (Å²) in [6, 6.07) is 1.92. The molecule has 0 bridgehead atoms. The van der Waals surface area contributed by atoms with Crippen LogP contribution in [0.4, 0.5) is 19.3 Å². The zero-order valence-electron chi connectivity index (χ0n) is 14.9. The minimum absolute atomic E-state index is 0. The highest BCUT2D eigenvalue weighted by Crippen LogP contribution is 2.19. The molecule has 9 nitrogen and oxygen atoms in total. The second kappa shape index (κ2) is 9.42. The lowest BCUT2D eigenvalue weighted by molar-refractivity contribution is -0.122. The van der Waals surface area contributed by atoms with Crippen LogP contribution in [0.2, 0.25) is 0 Å². The molecule has 12 heteroatoms. The van der Waals surface area contributed by atoms with Gasteiger partial charge in [-0.25, -0.2) is 18.3 Å². The van der Waals surface area contributed by atoms with Crippen LogP contribution in [-0.2, 0) is 11.3 Å². The van der Waals surface area contributed by atoms with Crippen molar-refractivity contribution in [3.8, 4) is 0 Å². The number of carbonyl (C=O) groups excluding carboxylic acids is 2. The number of nitrogens with one attached hydrogen (secondary N) is 4. The van der Waals surface area contributed by atoms with E-state index in [1.54, 1.807) is 17.9 Å². The second-order valence-electron chi connectivity index (χ2n) is 6.09. The zero-order valence-corrected chi connectivity index (χ0v) is 15.7. The Morgan fingerprint density at radius 2 is 2.14 bits per heavy atom. The summed E-state index contributed by atoms with van der Waals surface area (Å²) in [6.45, 7) is 0.659. The Hall–Kier alpha value is -2.79. The maximum atomic E-state index is 13.5. The van der Waals surface area contributed by atoms with Crippen molar-refractivity contribution in [2.24, 2.45) is 0 Å². The highest BCUT2D eigenvalue weighted by atomic mass is 35.5. The Morgan fingerprint density at radius 1 is 1.36 bits per heavy atom. The third-order valence-corrected chi connectivity index (χ3v) is 4.21. The fourth-order valence-corrected chi connectivity index (χ4v) is 2.79. The smallest absolute Gasteiger partial charge is 0.319 e. The number of urea groups is 1. The normalized spacial score (nSPS) is 18.2. The second-order valence-corrected chi connectivity index (χ2v) is 6.09. The first-order valence-electron chi connectivity index (χ1n) is 8.32. The summed E-state index contributed by atoms with van der Waals surface area (Å²) in [5.41, 5.74) is 0.378. The van der Waals surface area contributed by atoms with Gasteiger partial charge in [0.2, 0.25) is 5.91 Å². The number of likely N-dealkylation sites (N-methyl/N-ethyl adjacent to an activating group) is 1. The molecule has 0 spiro atoms. The number of anilines is 1. The molecular formula is C16H20ClF2N7O2. The molecule has 0 radical (unpaired) electrons. The number of hydrogen-bond acceptors (Lipinski definition) is 5. The van der Waals surface area contributed by atoms with Crippen LogP contribution in [0.1, 0.15) is 18.2 Å². The molecule has 28 heavy (non-hydrogen) atoms. The first-order chi connectivity index (χ1) is 13.0. The van der Waals surface area contributed by atoms with Crippen LogP contribution in [0, 0.1) is 11.6 Å². The van der Waals surface area contributed by atoms with Crippen LogP contribution >= 0.6 is 12.4 Å². The molecule has 2 heterocycles. The molecule has 0 unspecified atom stereocenters. The Kier molecular flexibility index (Phi) is 7.24. The standard InChI is InChI=1S/C16H19F2N7O2.ClH/c1-19-15(26)14-5-11(7-20-14)25-8-10(23-24-25)6-21-16(27)22-13-3-2-9(17)4-12(13)18;/h2-4,8,11,14,20H,5-7H2,1H3,(H,19,26)(H2,21,22,27);1H/t11-,14+;/m1./s1. The summed E-state index contributed by atoms with van der Waals surface area (Å²) in [7, 11) is 1.58. The van der Waals surface area contributed by atoms with Crippen molar-refractivity contribution in [2.75, 3.05) is 18.9 Å². The largest absolute Gasteiger partial charge is 0.358 e. The van der Waals surface area contributed by atoms with E-state index in [4.69, 9.17) is 0 Å². The van der Waals surface area contributed by atoms with E-state index < -0.39 is 17.7 Å². The van der Waals surface area contributed by atoms with E-state index in [0.717, 1.165) is 12.1 Å². The SMILES string of the molecule is CNC(=O)[C@@H]1C[C@@H](n2cc(CNC(=O)Nc3ccc(F)cc3F)nn2)CN1.Cl. The van der Waals surface area contributed by atoms with Crippen molar-refractivity contribution < 1.29 is 18.4 Å². The molecular weight excluding hydrogens is 396 g/mol. The summed E-state index contributed by atoms with van der Waals surface area (Å²) < 4.78 is 28.0. The number of nitrogens with zero attached hydrogens (tertiary/aromatic N) is 3. The number of rotatable bonds is 5. The molecule has 3 amide bonds. The topological polar surface area (TPSA) is 113 Å². The van der Waals surface area contributed by atoms with E-state index in [1.165, 1.54) is 0 Å². The predicted octanol–water partition coefficient (Wildman–Crippen LogP) is 0.949. The van der Waals surface area contributed by atoms with E-state index >= 15 is 0 Å². The number of benzene rings is 1. The first-order valence-corrected chi connectivity index (χ1v) is 8.32. The van der Waals surface area contributed by atoms with Gasteiger partial charge in [0.15, 0.2) is 0 Å². The molecule has 0 aliphatic carbocycles. The molecule has 1 saturated heterocycles. The van der Waals surface area contributed by atoms with Crippen LogP contribution < -0.4 is 21.3 Å². The quantitative estimate of drug-likeness (QED) is 0.580. The van der Waals surface area contributed by atoms with E-state index in [0.29, 0.717) is 24.7 Å². The van der Waals surface area contributed by atoms with Gasteiger partial charge in [-0.2, -0.15) is 0 Å². The number of hydrogen-bond donors (Lipinski definition) is 4. The molecule has 152 valence electrons. The fraction of sp³-hybridized carbons (Fsp3) is 0.375. The maximum Gasteiger partial charge on any atom is 0.319 e. The van der Waals surface area contributed by atoms with E-state index in [2.05, 4.69) is 31.6 Å². The Labute approximate surface area is 165 Å². The monoisotopic (exact) mass is 415 g/mol. The molecule has 4 N–H and O–H groups in total. The molecule has 1 aromatic heterocycles. The van der Waals surface area contributed by atoms with Gasteiger partial charge < -0.3 is 21.3 Å². The van der Waals surface area contributed by atoms with Crippen molar-refractivity contribution in [2.45, 2.75) is 25.0 Å².